The van der Waals surface area contributed by atoms with E-state index < -0.39 is 20.1 Å². The summed E-state index contributed by atoms with van der Waals surface area (Å²) >= 11 is 0. The SMILES string of the molecule is [2H]C([2H])([2H])Oc1ccc(Nc2nc(OCC(F)F)ccc2C(C)=NO)cc1. The van der Waals surface area contributed by atoms with Crippen LogP contribution in [0.15, 0.2) is 41.6 Å². The van der Waals surface area contributed by atoms with E-state index in [1.54, 1.807) is 12.1 Å². The van der Waals surface area contributed by atoms with Gasteiger partial charge in [-0.25, -0.2) is 8.78 Å². The Morgan fingerprint density at radius 3 is 2.71 bits per heavy atom. The third kappa shape index (κ3) is 4.55. The first-order valence-corrected chi connectivity index (χ1v) is 6.85. The van der Waals surface area contributed by atoms with Crippen molar-refractivity contribution in [2.24, 2.45) is 5.16 Å². The Hall–Kier alpha value is -2.90. The number of alkyl halides is 2. The van der Waals surface area contributed by atoms with Crippen LogP contribution in [0.1, 0.15) is 16.6 Å². The molecule has 1 aromatic carbocycles. The minimum absolute atomic E-state index is 0.0327. The van der Waals surface area contributed by atoms with Crippen LogP contribution in [-0.2, 0) is 0 Å². The molecule has 0 unspecified atom stereocenters. The molecule has 8 heteroatoms. The minimum Gasteiger partial charge on any atom is -0.497 e. The summed E-state index contributed by atoms with van der Waals surface area (Å²) in [4.78, 5) is 4.11. The van der Waals surface area contributed by atoms with Crippen LogP contribution in [0.5, 0.6) is 11.6 Å². The van der Waals surface area contributed by atoms with Crippen molar-refractivity contribution in [1.82, 2.24) is 4.98 Å². The Balaban J connectivity index is 2.25. The van der Waals surface area contributed by atoms with Crippen molar-refractivity contribution in [3.8, 4) is 11.6 Å². The second-order valence-corrected chi connectivity index (χ2v) is 4.68. The highest BCUT2D eigenvalue weighted by atomic mass is 19.3. The van der Waals surface area contributed by atoms with Crippen LogP contribution in [0.4, 0.5) is 20.3 Å². The average molecular weight is 340 g/mol. The van der Waals surface area contributed by atoms with Crippen LogP contribution in [0.3, 0.4) is 0 Å². The maximum absolute atomic E-state index is 12.3. The second kappa shape index (κ2) is 8.09. The lowest BCUT2D eigenvalue weighted by molar-refractivity contribution is 0.0797. The van der Waals surface area contributed by atoms with Crippen molar-refractivity contribution in [3.63, 3.8) is 0 Å². The maximum Gasteiger partial charge on any atom is 0.272 e. The third-order valence-corrected chi connectivity index (χ3v) is 3.00. The van der Waals surface area contributed by atoms with Gasteiger partial charge in [0.1, 0.15) is 11.6 Å². The third-order valence-electron chi connectivity index (χ3n) is 3.00. The highest BCUT2D eigenvalue weighted by molar-refractivity contribution is 6.02. The number of aromatic nitrogens is 1. The smallest absolute Gasteiger partial charge is 0.272 e. The predicted octanol–water partition coefficient (Wildman–Crippen LogP) is 3.68. The van der Waals surface area contributed by atoms with Gasteiger partial charge in [-0.15, -0.1) is 0 Å². The van der Waals surface area contributed by atoms with Crippen molar-refractivity contribution in [3.05, 3.63) is 42.0 Å². The first-order chi connectivity index (χ1) is 12.7. The number of nitrogens with zero attached hydrogens (tertiary/aromatic N) is 2. The Kier molecular flexibility index (Phi) is 4.56. The molecule has 0 saturated heterocycles. The van der Waals surface area contributed by atoms with Crippen LogP contribution in [0.25, 0.3) is 0 Å². The number of benzene rings is 1. The fourth-order valence-corrected chi connectivity index (χ4v) is 1.85. The lowest BCUT2D eigenvalue weighted by Gasteiger charge is -2.13. The molecule has 0 fully saturated rings. The number of hydrogen-bond acceptors (Lipinski definition) is 6. The summed E-state index contributed by atoms with van der Waals surface area (Å²) < 4.78 is 55.5. The van der Waals surface area contributed by atoms with Crippen molar-refractivity contribution >= 4 is 17.2 Å². The molecule has 0 amide bonds. The Labute approximate surface area is 141 Å². The molecule has 0 atom stereocenters. The quantitative estimate of drug-likeness (QED) is 0.457. The molecule has 24 heavy (non-hydrogen) atoms. The van der Waals surface area contributed by atoms with Gasteiger partial charge in [-0.3, -0.25) is 0 Å². The molecule has 0 aliphatic heterocycles. The summed E-state index contributed by atoms with van der Waals surface area (Å²) in [6.07, 6.45) is -2.64. The van der Waals surface area contributed by atoms with E-state index in [9.17, 15) is 8.78 Å². The summed E-state index contributed by atoms with van der Waals surface area (Å²) in [6.45, 7) is 0.731. The van der Waals surface area contributed by atoms with E-state index in [0.29, 0.717) is 11.3 Å². The number of hydrogen-bond donors (Lipinski definition) is 2. The molecule has 2 rings (SSSR count). The van der Waals surface area contributed by atoms with E-state index in [1.165, 1.54) is 31.2 Å². The van der Waals surface area contributed by atoms with Gasteiger partial charge < -0.3 is 20.0 Å². The lowest BCUT2D eigenvalue weighted by Crippen LogP contribution is -2.10. The van der Waals surface area contributed by atoms with Crippen molar-refractivity contribution in [2.45, 2.75) is 13.3 Å². The van der Waals surface area contributed by atoms with Crippen LogP contribution in [0, 0.1) is 0 Å². The standard InChI is InChI=1S/C16H17F2N3O3/c1-10(21-22)13-7-8-15(24-9-14(17)18)20-16(13)19-11-3-5-12(23-2)6-4-11/h3-8,14,22H,9H2,1-2H3,(H,19,20)/i2D3. The van der Waals surface area contributed by atoms with Crippen LogP contribution in [0.2, 0.25) is 0 Å². The molecule has 128 valence electrons. The number of pyridine rings is 1. The zero-order valence-corrected chi connectivity index (χ0v) is 12.7. The van der Waals surface area contributed by atoms with Gasteiger partial charge in [-0.1, -0.05) is 5.16 Å². The number of methoxy groups -OCH3 is 1. The fourth-order valence-electron chi connectivity index (χ4n) is 1.85. The second-order valence-electron chi connectivity index (χ2n) is 4.68. The van der Waals surface area contributed by atoms with Crippen LogP contribution in [-0.4, -0.2) is 36.0 Å². The molecule has 0 bridgehead atoms. The molecule has 0 spiro atoms. The molecule has 0 aliphatic rings. The molecule has 0 radical (unpaired) electrons. The molecule has 1 heterocycles. The Bertz CT molecular complexity index is 800. The first kappa shape index (κ1) is 13.5. The monoisotopic (exact) mass is 340 g/mol. The zero-order chi connectivity index (χ0) is 20.0. The minimum atomic E-state index is -2.64. The number of ether oxygens (including phenoxy) is 2. The molecular weight excluding hydrogens is 320 g/mol. The normalized spacial score (nSPS) is 13.8. The number of halogens is 2. The average Bonchev–Trinajstić information content (AvgIpc) is 2.60. The Morgan fingerprint density at radius 1 is 1.33 bits per heavy atom. The van der Waals surface area contributed by atoms with Crippen LogP contribution < -0.4 is 14.8 Å². The fraction of sp³-hybridized carbons (Fsp3) is 0.250. The largest absolute Gasteiger partial charge is 0.497 e. The van der Waals surface area contributed by atoms with E-state index in [0.717, 1.165) is 0 Å². The van der Waals surface area contributed by atoms with Gasteiger partial charge in [0.25, 0.3) is 6.43 Å². The molecule has 2 N–H and O–H groups in total. The van der Waals surface area contributed by atoms with Gasteiger partial charge in [-0.2, -0.15) is 4.98 Å². The van der Waals surface area contributed by atoms with Gasteiger partial charge >= 0.3 is 0 Å². The zero-order valence-electron chi connectivity index (χ0n) is 15.7. The molecule has 2 aromatic rings. The van der Waals surface area contributed by atoms with Gasteiger partial charge in [0.05, 0.1) is 16.9 Å². The first-order valence-electron chi connectivity index (χ1n) is 8.35. The van der Waals surface area contributed by atoms with Crippen molar-refractivity contribution in [2.75, 3.05) is 19.0 Å². The van der Waals surface area contributed by atoms with E-state index in [4.69, 9.17) is 18.8 Å². The maximum atomic E-state index is 12.3. The highest BCUT2D eigenvalue weighted by Gasteiger charge is 2.12. The van der Waals surface area contributed by atoms with Gasteiger partial charge in [0.2, 0.25) is 5.88 Å². The van der Waals surface area contributed by atoms with E-state index in [1.807, 2.05) is 0 Å². The molecule has 0 aliphatic carbocycles. The van der Waals surface area contributed by atoms with Crippen molar-refractivity contribution in [1.29, 1.82) is 0 Å². The summed E-state index contributed by atoms with van der Waals surface area (Å²) in [5.41, 5.74) is 1.18. The number of anilines is 2. The molecule has 0 saturated carbocycles. The summed E-state index contributed by atoms with van der Waals surface area (Å²) in [5.74, 6) is 0.326. The van der Waals surface area contributed by atoms with Gasteiger partial charge in [0.15, 0.2) is 6.61 Å². The molecule has 1 aromatic heterocycles. The van der Waals surface area contributed by atoms with E-state index >= 15 is 0 Å². The summed E-state index contributed by atoms with van der Waals surface area (Å²) in [5, 5.41) is 15.1. The number of oxime groups is 1. The predicted molar refractivity (Wildman–Crippen MR) is 86.0 cm³/mol. The van der Waals surface area contributed by atoms with E-state index in [2.05, 4.69) is 15.5 Å². The van der Waals surface area contributed by atoms with Crippen molar-refractivity contribution < 1.29 is 27.6 Å². The Morgan fingerprint density at radius 2 is 2.08 bits per heavy atom. The molecular formula is C16H17F2N3O3. The molecule has 6 nitrogen and oxygen atoms in total. The van der Waals surface area contributed by atoms with Gasteiger partial charge in [0, 0.05) is 17.3 Å². The lowest BCUT2D eigenvalue weighted by atomic mass is 10.1. The van der Waals surface area contributed by atoms with E-state index in [-0.39, 0.29) is 23.2 Å². The topological polar surface area (TPSA) is 76.0 Å². The summed E-state index contributed by atoms with van der Waals surface area (Å²) in [6, 6.07) is 8.87. The number of nitrogens with one attached hydrogen (secondary N) is 1. The van der Waals surface area contributed by atoms with Crippen LogP contribution >= 0.6 is 0 Å². The highest BCUT2D eigenvalue weighted by Crippen LogP contribution is 2.24. The number of rotatable bonds is 7. The van der Waals surface area contributed by atoms with Gasteiger partial charge in [-0.05, 0) is 37.3 Å². The summed E-state index contributed by atoms with van der Waals surface area (Å²) in [7, 11) is -2.56.